The van der Waals surface area contributed by atoms with Crippen molar-refractivity contribution >= 4 is 16.9 Å². The van der Waals surface area contributed by atoms with Crippen LogP contribution in [-0.4, -0.2) is 23.5 Å². The van der Waals surface area contributed by atoms with Crippen molar-refractivity contribution in [2.24, 2.45) is 0 Å². The summed E-state index contributed by atoms with van der Waals surface area (Å²) in [5, 5.41) is 3.51. The van der Waals surface area contributed by atoms with Crippen LogP contribution in [0.25, 0.3) is 0 Å². The fraction of sp³-hybridized carbons (Fsp3) is 0.857. The molecule has 0 radical (unpaired) electrons. The molecule has 0 saturated carbocycles. The molecular formula is C7H15NOS. The van der Waals surface area contributed by atoms with Crippen LogP contribution in [-0.2, 0) is 4.79 Å². The van der Waals surface area contributed by atoms with Gasteiger partial charge in [-0.3, -0.25) is 4.79 Å². The molecule has 1 N–H and O–H groups in total. The van der Waals surface area contributed by atoms with Crippen molar-refractivity contribution in [1.82, 2.24) is 5.32 Å². The molecule has 0 aliphatic heterocycles. The van der Waals surface area contributed by atoms with Crippen molar-refractivity contribution in [1.29, 1.82) is 0 Å². The van der Waals surface area contributed by atoms with Gasteiger partial charge in [-0.15, -0.1) is 0 Å². The molecule has 0 amide bonds. The van der Waals surface area contributed by atoms with Crippen LogP contribution in [0.2, 0.25) is 0 Å². The molecule has 0 fully saturated rings. The molecule has 0 aromatic rings. The molecule has 0 aromatic carbocycles. The van der Waals surface area contributed by atoms with Crippen LogP contribution in [0, 0.1) is 0 Å². The minimum Gasteiger partial charge on any atom is -0.310 e. The quantitative estimate of drug-likeness (QED) is 0.675. The maximum Gasteiger partial charge on any atom is 0.205 e. The number of nitrogens with one attached hydrogen (secondary N) is 1. The van der Waals surface area contributed by atoms with Gasteiger partial charge in [0.15, 0.2) is 0 Å². The molecule has 60 valence electrons. The molecule has 0 spiro atoms. The Morgan fingerprint density at radius 1 is 1.40 bits per heavy atom. The standard InChI is InChI=1S/C7H15NOS/c1-5(2)10-7(9)6(3)8-4/h5-6,8H,1-4H3/t6-/m0/s1. The van der Waals surface area contributed by atoms with Crippen molar-refractivity contribution in [3.63, 3.8) is 0 Å². The minimum absolute atomic E-state index is 0.0209. The Kier molecular flexibility index (Phi) is 4.73. The van der Waals surface area contributed by atoms with E-state index in [0.29, 0.717) is 5.25 Å². The van der Waals surface area contributed by atoms with Gasteiger partial charge in [0.2, 0.25) is 5.12 Å². The Balaban J connectivity index is 3.62. The van der Waals surface area contributed by atoms with Gasteiger partial charge >= 0.3 is 0 Å². The monoisotopic (exact) mass is 161 g/mol. The first-order chi connectivity index (χ1) is 4.57. The first kappa shape index (κ1) is 9.98. The molecular weight excluding hydrogens is 146 g/mol. The van der Waals surface area contributed by atoms with Crippen LogP contribution >= 0.6 is 11.8 Å². The van der Waals surface area contributed by atoms with E-state index in [1.54, 1.807) is 7.05 Å². The van der Waals surface area contributed by atoms with Gasteiger partial charge in [-0.2, -0.15) is 0 Å². The topological polar surface area (TPSA) is 29.1 Å². The number of rotatable bonds is 3. The van der Waals surface area contributed by atoms with Gasteiger partial charge in [0.05, 0.1) is 6.04 Å². The zero-order valence-electron chi connectivity index (χ0n) is 6.97. The van der Waals surface area contributed by atoms with Crippen LogP contribution in [0.1, 0.15) is 20.8 Å². The molecule has 0 aliphatic carbocycles. The van der Waals surface area contributed by atoms with Gasteiger partial charge in [0.25, 0.3) is 0 Å². The second kappa shape index (κ2) is 4.74. The highest BCUT2D eigenvalue weighted by Crippen LogP contribution is 2.11. The normalized spacial score (nSPS) is 13.7. The van der Waals surface area contributed by atoms with E-state index in [4.69, 9.17) is 0 Å². The summed E-state index contributed by atoms with van der Waals surface area (Å²) in [6.07, 6.45) is 0. The highest BCUT2D eigenvalue weighted by molar-refractivity contribution is 8.14. The average molecular weight is 161 g/mol. The first-order valence-corrected chi connectivity index (χ1v) is 4.33. The number of carbonyl (C=O) groups is 1. The van der Waals surface area contributed by atoms with E-state index in [2.05, 4.69) is 5.32 Å². The Morgan fingerprint density at radius 3 is 2.20 bits per heavy atom. The third-order valence-corrected chi connectivity index (χ3v) is 2.20. The van der Waals surface area contributed by atoms with E-state index in [1.807, 2.05) is 20.8 Å². The zero-order chi connectivity index (χ0) is 8.15. The van der Waals surface area contributed by atoms with Crippen LogP contribution in [0.3, 0.4) is 0 Å². The molecule has 0 aliphatic rings. The Bertz CT molecular complexity index is 114. The summed E-state index contributed by atoms with van der Waals surface area (Å²) in [4.78, 5) is 11.1. The van der Waals surface area contributed by atoms with Crippen LogP contribution in [0.15, 0.2) is 0 Å². The fourth-order valence-corrected chi connectivity index (χ4v) is 1.24. The summed E-state index contributed by atoms with van der Waals surface area (Å²) in [6, 6.07) is -0.0209. The number of hydrogen-bond donors (Lipinski definition) is 1. The lowest BCUT2D eigenvalue weighted by Gasteiger charge is -2.09. The summed E-state index contributed by atoms with van der Waals surface area (Å²) in [5.41, 5.74) is 0. The predicted octanol–water partition coefficient (Wildman–Crippen LogP) is 1.26. The second-order valence-electron chi connectivity index (χ2n) is 2.50. The van der Waals surface area contributed by atoms with E-state index in [-0.39, 0.29) is 11.2 Å². The fourth-order valence-electron chi connectivity index (χ4n) is 0.452. The van der Waals surface area contributed by atoms with Gasteiger partial charge in [-0.05, 0) is 14.0 Å². The first-order valence-electron chi connectivity index (χ1n) is 3.45. The lowest BCUT2D eigenvalue weighted by molar-refractivity contribution is -0.112. The number of thioether (sulfide) groups is 1. The smallest absolute Gasteiger partial charge is 0.205 e. The van der Waals surface area contributed by atoms with Crippen molar-refractivity contribution in [3.05, 3.63) is 0 Å². The lowest BCUT2D eigenvalue weighted by atomic mass is 10.4. The maximum atomic E-state index is 11.1. The van der Waals surface area contributed by atoms with Gasteiger partial charge in [-0.1, -0.05) is 25.6 Å². The van der Waals surface area contributed by atoms with E-state index >= 15 is 0 Å². The summed E-state index contributed by atoms with van der Waals surface area (Å²) in [5.74, 6) is 0. The molecule has 0 aromatic heterocycles. The Morgan fingerprint density at radius 2 is 1.90 bits per heavy atom. The van der Waals surface area contributed by atoms with Crippen molar-refractivity contribution < 1.29 is 4.79 Å². The molecule has 10 heavy (non-hydrogen) atoms. The van der Waals surface area contributed by atoms with Crippen LogP contribution in [0.4, 0.5) is 0 Å². The third-order valence-electron chi connectivity index (χ3n) is 1.14. The van der Waals surface area contributed by atoms with Gasteiger partial charge in [-0.25, -0.2) is 0 Å². The van der Waals surface area contributed by atoms with Gasteiger partial charge < -0.3 is 5.32 Å². The molecule has 0 unspecified atom stereocenters. The third kappa shape index (κ3) is 3.90. The maximum absolute atomic E-state index is 11.1. The Hall–Kier alpha value is -0.0200. The van der Waals surface area contributed by atoms with Gasteiger partial charge in [0, 0.05) is 5.25 Å². The summed E-state index contributed by atoms with van der Waals surface area (Å²) >= 11 is 1.39. The molecule has 2 nitrogen and oxygen atoms in total. The Labute approximate surface area is 66.8 Å². The summed E-state index contributed by atoms with van der Waals surface area (Å²) in [6.45, 7) is 5.91. The predicted molar refractivity (Wildman–Crippen MR) is 46.3 cm³/mol. The second-order valence-corrected chi connectivity index (χ2v) is 4.08. The summed E-state index contributed by atoms with van der Waals surface area (Å²) < 4.78 is 0. The SMILES string of the molecule is CN[C@@H](C)C(=O)SC(C)C. The minimum atomic E-state index is -0.0209. The van der Waals surface area contributed by atoms with Crippen molar-refractivity contribution in [2.75, 3.05) is 7.05 Å². The molecule has 0 saturated heterocycles. The van der Waals surface area contributed by atoms with E-state index in [0.717, 1.165) is 0 Å². The van der Waals surface area contributed by atoms with Crippen molar-refractivity contribution in [3.8, 4) is 0 Å². The van der Waals surface area contributed by atoms with Gasteiger partial charge in [0.1, 0.15) is 0 Å². The largest absolute Gasteiger partial charge is 0.310 e. The average Bonchev–Trinajstić information content (AvgIpc) is 1.85. The van der Waals surface area contributed by atoms with E-state index in [1.165, 1.54) is 11.8 Å². The number of carbonyl (C=O) groups excluding carboxylic acids is 1. The van der Waals surface area contributed by atoms with E-state index < -0.39 is 0 Å². The van der Waals surface area contributed by atoms with Crippen LogP contribution in [0.5, 0.6) is 0 Å². The molecule has 0 heterocycles. The number of likely N-dealkylation sites (N-methyl/N-ethyl adjacent to an activating group) is 1. The molecule has 3 heteroatoms. The summed E-state index contributed by atoms with van der Waals surface area (Å²) in [7, 11) is 1.80. The molecule has 0 bridgehead atoms. The highest BCUT2D eigenvalue weighted by Gasteiger charge is 2.11. The molecule has 0 rings (SSSR count). The molecule has 1 atom stereocenters. The highest BCUT2D eigenvalue weighted by atomic mass is 32.2. The van der Waals surface area contributed by atoms with E-state index in [9.17, 15) is 4.79 Å². The van der Waals surface area contributed by atoms with Crippen molar-refractivity contribution in [2.45, 2.75) is 32.1 Å². The zero-order valence-corrected chi connectivity index (χ0v) is 7.79. The number of hydrogen-bond acceptors (Lipinski definition) is 3. The van der Waals surface area contributed by atoms with Crippen LogP contribution < -0.4 is 5.32 Å². The lowest BCUT2D eigenvalue weighted by Crippen LogP contribution is -2.29.